The molecule has 0 spiro atoms. The molecule has 196 valence electrons. The van der Waals surface area contributed by atoms with Crippen molar-refractivity contribution >= 4 is 11.8 Å². The second kappa shape index (κ2) is 14.2. The van der Waals surface area contributed by atoms with E-state index in [1.54, 1.807) is 4.90 Å². The smallest absolute Gasteiger partial charge is 0.261 e. The predicted molar refractivity (Wildman–Crippen MR) is 150 cm³/mol. The third-order valence-electron chi connectivity index (χ3n) is 6.45. The maximum absolute atomic E-state index is 13.7. The number of nitrogens with one attached hydrogen (secondary N) is 1. The predicted octanol–water partition coefficient (Wildman–Crippen LogP) is 6.05. The lowest BCUT2D eigenvalue weighted by atomic mass is 10.0. The average Bonchev–Trinajstić information content (AvgIpc) is 2.90. The van der Waals surface area contributed by atoms with E-state index in [1.165, 1.54) is 5.56 Å². The van der Waals surface area contributed by atoms with Gasteiger partial charge in [0.2, 0.25) is 5.91 Å². The summed E-state index contributed by atoms with van der Waals surface area (Å²) in [7, 11) is 0. The maximum Gasteiger partial charge on any atom is 0.261 e. The van der Waals surface area contributed by atoms with Crippen molar-refractivity contribution in [3.63, 3.8) is 0 Å². The lowest BCUT2D eigenvalue weighted by molar-refractivity contribution is -0.142. The molecule has 1 atom stereocenters. The van der Waals surface area contributed by atoms with Crippen molar-refractivity contribution in [2.45, 2.75) is 65.5 Å². The molecule has 5 nitrogen and oxygen atoms in total. The van der Waals surface area contributed by atoms with E-state index >= 15 is 0 Å². The van der Waals surface area contributed by atoms with Gasteiger partial charge in [0.25, 0.3) is 5.91 Å². The van der Waals surface area contributed by atoms with Gasteiger partial charge in [-0.25, -0.2) is 0 Å². The molecule has 37 heavy (non-hydrogen) atoms. The van der Waals surface area contributed by atoms with Crippen molar-refractivity contribution in [2.24, 2.45) is 0 Å². The number of rotatable bonds is 13. The minimum atomic E-state index is -0.654. The number of aryl methyl sites for hydroxylation is 1. The molecule has 0 radical (unpaired) electrons. The van der Waals surface area contributed by atoms with E-state index < -0.39 is 6.04 Å². The number of hydrogen-bond acceptors (Lipinski definition) is 3. The van der Waals surface area contributed by atoms with E-state index in [4.69, 9.17) is 4.74 Å². The van der Waals surface area contributed by atoms with Crippen LogP contribution in [0, 0.1) is 6.92 Å². The summed E-state index contributed by atoms with van der Waals surface area (Å²) in [6.07, 6.45) is 2.31. The summed E-state index contributed by atoms with van der Waals surface area (Å²) in [6, 6.07) is 25.1. The molecule has 0 fully saturated rings. The van der Waals surface area contributed by atoms with Crippen LogP contribution >= 0.6 is 0 Å². The standard InChI is InChI=1S/C32H40N2O3/c1-5-6-19-33-32(36)30(21-26-12-8-7-9-13-26)34(22-27-14-10-11-25(4)20-27)31(35)23-37-29-17-15-28(16-18-29)24(2)3/h7-18,20,24,30H,5-6,19,21-23H2,1-4H3,(H,33,36). The summed E-state index contributed by atoms with van der Waals surface area (Å²) >= 11 is 0. The molecule has 5 heteroatoms. The fraction of sp³-hybridized carbons (Fsp3) is 0.375. The normalized spacial score (nSPS) is 11.7. The van der Waals surface area contributed by atoms with Crippen LogP contribution in [0.1, 0.15) is 61.8 Å². The highest BCUT2D eigenvalue weighted by molar-refractivity contribution is 5.88. The van der Waals surface area contributed by atoms with E-state index in [2.05, 4.69) is 32.2 Å². The first kappa shape index (κ1) is 28.0. The molecular weight excluding hydrogens is 460 g/mol. The van der Waals surface area contributed by atoms with E-state index in [9.17, 15) is 9.59 Å². The molecule has 3 rings (SSSR count). The fourth-order valence-electron chi connectivity index (χ4n) is 4.24. The first-order valence-corrected chi connectivity index (χ1v) is 13.3. The van der Waals surface area contributed by atoms with Crippen molar-refractivity contribution in [3.8, 4) is 5.75 Å². The monoisotopic (exact) mass is 500 g/mol. The summed E-state index contributed by atoms with van der Waals surface area (Å²) in [5.41, 5.74) is 4.31. The third-order valence-corrected chi connectivity index (χ3v) is 6.45. The van der Waals surface area contributed by atoms with Gasteiger partial charge in [-0.05, 0) is 48.1 Å². The van der Waals surface area contributed by atoms with Gasteiger partial charge in [0.05, 0.1) is 0 Å². The molecule has 3 aromatic carbocycles. The molecule has 0 heterocycles. The Bertz CT molecular complexity index is 1130. The van der Waals surface area contributed by atoms with Crippen LogP contribution < -0.4 is 10.1 Å². The van der Waals surface area contributed by atoms with Gasteiger partial charge >= 0.3 is 0 Å². The second-order valence-electron chi connectivity index (χ2n) is 9.87. The van der Waals surface area contributed by atoms with Crippen molar-refractivity contribution in [1.82, 2.24) is 10.2 Å². The summed E-state index contributed by atoms with van der Waals surface area (Å²) < 4.78 is 5.90. The summed E-state index contributed by atoms with van der Waals surface area (Å²) in [4.78, 5) is 28.8. The van der Waals surface area contributed by atoms with Crippen molar-refractivity contribution in [3.05, 3.63) is 101 Å². The maximum atomic E-state index is 13.7. The molecule has 0 saturated carbocycles. The topological polar surface area (TPSA) is 58.6 Å². The minimum absolute atomic E-state index is 0.139. The third kappa shape index (κ3) is 8.78. The van der Waals surface area contributed by atoms with Crippen molar-refractivity contribution in [1.29, 1.82) is 0 Å². The first-order valence-electron chi connectivity index (χ1n) is 13.3. The van der Waals surface area contributed by atoms with Crippen LogP contribution in [0.15, 0.2) is 78.9 Å². The van der Waals surface area contributed by atoms with Gasteiger partial charge < -0.3 is 15.0 Å². The van der Waals surface area contributed by atoms with Crippen LogP contribution in [0.2, 0.25) is 0 Å². The van der Waals surface area contributed by atoms with Gasteiger partial charge in [0, 0.05) is 19.5 Å². The number of carbonyl (C=O) groups is 2. The van der Waals surface area contributed by atoms with Gasteiger partial charge in [0.1, 0.15) is 11.8 Å². The minimum Gasteiger partial charge on any atom is -0.484 e. The highest BCUT2D eigenvalue weighted by atomic mass is 16.5. The number of benzene rings is 3. The Morgan fingerprint density at radius 2 is 1.62 bits per heavy atom. The number of ether oxygens (including phenoxy) is 1. The molecule has 1 N–H and O–H groups in total. The molecule has 0 aliphatic heterocycles. The molecule has 3 aromatic rings. The Kier molecular flexibility index (Phi) is 10.8. The molecule has 0 aliphatic carbocycles. The number of unbranched alkanes of at least 4 members (excludes halogenated alkanes) is 1. The van der Waals surface area contributed by atoms with Crippen LogP contribution in [0.5, 0.6) is 5.75 Å². The fourth-order valence-corrected chi connectivity index (χ4v) is 4.24. The molecule has 0 aromatic heterocycles. The number of carbonyl (C=O) groups excluding carboxylic acids is 2. The SMILES string of the molecule is CCCCNC(=O)C(Cc1ccccc1)N(Cc1cccc(C)c1)C(=O)COc1ccc(C(C)C)cc1. The van der Waals surface area contributed by atoms with Crippen molar-refractivity contribution in [2.75, 3.05) is 13.2 Å². The Morgan fingerprint density at radius 1 is 0.919 bits per heavy atom. The van der Waals surface area contributed by atoms with Crippen LogP contribution in [-0.4, -0.2) is 35.9 Å². The van der Waals surface area contributed by atoms with Crippen LogP contribution in [-0.2, 0) is 22.6 Å². The summed E-state index contributed by atoms with van der Waals surface area (Å²) in [5, 5.41) is 3.05. The van der Waals surface area contributed by atoms with E-state index in [0.29, 0.717) is 31.2 Å². The zero-order valence-corrected chi connectivity index (χ0v) is 22.6. The number of nitrogens with zero attached hydrogens (tertiary/aromatic N) is 1. The highest BCUT2D eigenvalue weighted by Gasteiger charge is 2.30. The average molecular weight is 501 g/mol. The van der Waals surface area contributed by atoms with E-state index in [-0.39, 0.29) is 18.4 Å². The molecule has 0 saturated heterocycles. The zero-order chi connectivity index (χ0) is 26.6. The van der Waals surface area contributed by atoms with E-state index in [0.717, 1.165) is 29.5 Å². The van der Waals surface area contributed by atoms with Crippen LogP contribution in [0.4, 0.5) is 0 Å². The van der Waals surface area contributed by atoms with Gasteiger partial charge in [-0.2, -0.15) is 0 Å². The van der Waals surface area contributed by atoms with Gasteiger partial charge in [-0.3, -0.25) is 9.59 Å². The molecule has 0 aliphatic rings. The summed E-state index contributed by atoms with van der Waals surface area (Å²) in [5.74, 6) is 0.700. The van der Waals surface area contributed by atoms with E-state index in [1.807, 2.05) is 79.7 Å². The zero-order valence-electron chi connectivity index (χ0n) is 22.6. The first-order chi connectivity index (χ1) is 17.9. The number of hydrogen-bond donors (Lipinski definition) is 1. The molecule has 1 unspecified atom stereocenters. The Morgan fingerprint density at radius 3 is 2.27 bits per heavy atom. The largest absolute Gasteiger partial charge is 0.484 e. The Labute approximate surface area is 221 Å². The number of amides is 2. The lowest BCUT2D eigenvalue weighted by Crippen LogP contribution is -2.51. The molecule has 2 amide bonds. The van der Waals surface area contributed by atoms with Gasteiger partial charge in [-0.15, -0.1) is 0 Å². The quantitative estimate of drug-likeness (QED) is 0.291. The highest BCUT2D eigenvalue weighted by Crippen LogP contribution is 2.20. The Hall–Kier alpha value is -3.60. The summed E-state index contributed by atoms with van der Waals surface area (Å²) in [6.45, 7) is 9.17. The molecular formula is C32H40N2O3. The Balaban J connectivity index is 1.86. The lowest BCUT2D eigenvalue weighted by Gasteiger charge is -2.31. The van der Waals surface area contributed by atoms with Gasteiger partial charge in [0.15, 0.2) is 6.61 Å². The van der Waals surface area contributed by atoms with Crippen LogP contribution in [0.25, 0.3) is 0 Å². The van der Waals surface area contributed by atoms with Gasteiger partial charge in [-0.1, -0.05) is 99.5 Å². The molecule has 0 bridgehead atoms. The van der Waals surface area contributed by atoms with Crippen molar-refractivity contribution < 1.29 is 14.3 Å². The second-order valence-corrected chi connectivity index (χ2v) is 9.87. The van der Waals surface area contributed by atoms with Crippen LogP contribution in [0.3, 0.4) is 0 Å².